The number of hydrogen-bond donors (Lipinski definition) is 2. The third kappa shape index (κ3) is 1.07. The van der Waals surface area contributed by atoms with Crippen molar-refractivity contribution in [2.75, 3.05) is 11.9 Å². The van der Waals surface area contributed by atoms with Crippen LogP contribution in [0, 0.1) is 0 Å². The Morgan fingerprint density at radius 3 is 3.25 bits per heavy atom. The molecule has 2 rings (SSSR count). The van der Waals surface area contributed by atoms with E-state index in [9.17, 15) is 5.11 Å². The molecule has 0 bridgehead atoms. The molecule has 0 fully saturated rings. The highest BCUT2D eigenvalue weighted by atomic mass is 16.5. The molecule has 3 nitrogen and oxygen atoms in total. The van der Waals surface area contributed by atoms with E-state index < -0.39 is 0 Å². The first-order valence-corrected chi connectivity index (χ1v) is 4.00. The molecule has 1 aromatic carbocycles. The average Bonchev–Trinajstić information content (AvgIpc) is 2.07. The molecule has 0 spiro atoms. The summed E-state index contributed by atoms with van der Waals surface area (Å²) in [5.74, 6) is 0.766. The molecule has 0 aliphatic carbocycles. The lowest BCUT2D eigenvalue weighted by Crippen LogP contribution is -2.27. The summed E-state index contributed by atoms with van der Waals surface area (Å²) in [6.45, 7) is 2.75. The van der Waals surface area contributed by atoms with Gasteiger partial charge in [-0.2, -0.15) is 0 Å². The van der Waals surface area contributed by atoms with Gasteiger partial charge < -0.3 is 15.2 Å². The van der Waals surface area contributed by atoms with Gasteiger partial charge in [0.15, 0.2) is 11.5 Å². The average molecular weight is 165 g/mol. The molecule has 2 N–H and O–H groups in total. The van der Waals surface area contributed by atoms with Crippen LogP contribution in [0.4, 0.5) is 5.69 Å². The maximum Gasteiger partial charge on any atom is 0.184 e. The minimum absolute atomic E-state index is 0.116. The molecule has 0 saturated heterocycles. The monoisotopic (exact) mass is 165 g/mol. The molecule has 1 heterocycles. The largest absolute Gasteiger partial charge is 0.504 e. The van der Waals surface area contributed by atoms with Gasteiger partial charge in [0.2, 0.25) is 0 Å². The summed E-state index contributed by atoms with van der Waals surface area (Å²) in [4.78, 5) is 0. The van der Waals surface area contributed by atoms with Crippen LogP contribution in [0.5, 0.6) is 11.5 Å². The first kappa shape index (κ1) is 7.28. The van der Waals surface area contributed by atoms with Crippen molar-refractivity contribution >= 4 is 5.69 Å². The molecule has 3 heteroatoms. The number of ether oxygens (including phenoxy) is 1. The first-order chi connectivity index (χ1) is 5.77. The van der Waals surface area contributed by atoms with Crippen molar-refractivity contribution < 1.29 is 9.84 Å². The van der Waals surface area contributed by atoms with Crippen molar-refractivity contribution in [3.8, 4) is 11.5 Å². The summed E-state index contributed by atoms with van der Waals surface area (Å²) in [6.07, 6.45) is 0.116. The van der Waals surface area contributed by atoms with Crippen LogP contribution in [0.1, 0.15) is 6.92 Å². The van der Waals surface area contributed by atoms with Crippen LogP contribution in [0.3, 0.4) is 0 Å². The summed E-state index contributed by atoms with van der Waals surface area (Å²) in [6, 6.07) is 5.31. The van der Waals surface area contributed by atoms with E-state index in [4.69, 9.17) is 4.74 Å². The van der Waals surface area contributed by atoms with E-state index in [-0.39, 0.29) is 11.9 Å². The second-order valence-electron chi connectivity index (χ2n) is 2.96. The first-order valence-electron chi connectivity index (χ1n) is 4.00. The smallest absolute Gasteiger partial charge is 0.184 e. The van der Waals surface area contributed by atoms with Gasteiger partial charge in [0.05, 0.1) is 12.2 Å². The summed E-state index contributed by atoms with van der Waals surface area (Å²) in [5, 5.41) is 12.6. The Morgan fingerprint density at radius 2 is 2.42 bits per heavy atom. The van der Waals surface area contributed by atoms with E-state index in [1.54, 1.807) is 12.1 Å². The van der Waals surface area contributed by atoms with Crippen molar-refractivity contribution in [3.63, 3.8) is 0 Å². The topological polar surface area (TPSA) is 41.5 Å². The Hall–Kier alpha value is -1.38. The molecule has 12 heavy (non-hydrogen) atoms. The van der Waals surface area contributed by atoms with Crippen LogP contribution in [-0.2, 0) is 0 Å². The minimum Gasteiger partial charge on any atom is -0.504 e. The second kappa shape index (κ2) is 2.59. The third-order valence-electron chi connectivity index (χ3n) is 1.89. The SMILES string of the molecule is CC1CNc2cccc(O)c2O1. The van der Waals surface area contributed by atoms with E-state index in [2.05, 4.69) is 5.32 Å². The van der Waals surface area contributed by atoms with E-state index in [0.29, 0.717) is 5.75 Å². The highest BCUT2D eigenvalue weighted by Gasteiger charge is 2.17. The Bertz CT molecular complexity index is 299. The number of anilines is 1. The van der Waals surface area contributed by atoms with Crippen molar-refractivity contribution in [3.05, 3.63) is 18.2 Å². The normalized spacial score (nSPS) is 20.6. The second-order valence-corrected chi connectivity index (χ2v) is 2.96. The summed E-state index contributed by atoms with van der Waals surface area (Å²) >= 11 is 0. The zero-order chi connectivity index (χ0) is 8.55. The molecule has 1 aliphatic heterocycles. The van der Waals surface area contributed by atoms with E-state index >= 15 is 0 Å². The number of aromatic hydroxyl groups is 1. The van der Waals surface area contributed by atoms with Crippen LogP contribution in [0.25, 0.3) is 0 Å². The van der Waals surface area contributed by atoms with Gasteiger partial charge >= 0.3 is 0 Å². The number of benzene rings is 1. The molecule has 0 saturated carbocycles. The van der Waals surface area contributed by atoms with E-state index in [0.717, 1.165) is 12.2 Å². The van der Waals surface area contributed by atoms with Gasteiger partial charge in [0.1, 0.15) is 6.10 Å². The van der Waals surface area contributed by atoms with Gasteiger partial charge in [-0.15, -0.1) is 0 Å². The Morgan fingerprint density at radius 1 is 1.58 bits per heavy atom. The summed E-state index contributed by atoms with van der Waals surface area (Å²) < 4.78 is 5.45. The Kier molecular flexibility index (Phi) is 1.57. The quantitative estimate of drug-likeness (QED) is 0.613. The Labute approximate surface area is 71.0 Å². The zero-order valence-corrected chi connectivity index (χ0v) is 6.87. The highest BCUT2D eigenvalue weighted by molar-refractivity contribution is 5.63. The summed E-state index contributed by atoms with van der Waals surface area (Å²) in [7, 11) is 0. The lowest BCUT2D eigenvalue weighted by atomic mass is 10.2. The molecular formula is C9H11NO2. The van der Waals surface area contributed by atoms with Gasteiger partial charge in [-0.1, -0.05) is 6.07 Å². The summed E-state index contributed by atoms with van der Waals surface area (Å²) in [5.41, 5.74) is 0.869. The number of phenolic OH excluding ortho intramolecular Hbond substituents is 1. The molecule has 0 radical (unpaired) electrons. The van der Waals surface area contributed by atoms with Gasteiger partial charge in [-0.05, 0) is 19.1 Å². The molecule has 0 amide bonds. The third-order valence-corrected chi connectivity index (χ3v) is 1.89. The minimum atomic E-state index is 0.116. The fraction of sp³-hybridized carbons (Fsp3) is 0.333. The fourth-order valence-corrected chi connectivity index (χ4v) is 1.28. The van der Waals surface area contributed by atoms with Crippen LogP contribution < -0.4 is 10.1 Å². The van der Waals surface area contributed by atoms with Crippen molar-refractivity contribution in [1.29, 1.82) is 0 Å². The molecule has 1 aliphatic rings. The molecule has 64 valence electrons. The number of fused-ring (bicyclic) bond motifs is 1. The van der Waals surface area contributed by atoms with Crippen molar-refractivity contribution in [1.82, 2.24) is 0 Å². The van der Waals surface area contributed by atoms with Crippen molar-refractivity contribution in [2.24, 2.45) is 0 Å². The zero-order valence-electron chi connectivity index (χ0n) is 6.87. The molecule has 1 unspecified atom stereocenters. The van der Waals surface area contributed by atoms with Crippen molar-refractivity contribution in [2.45, 2.75) is 13.0 Å². The van der Waals surface area contributed by atoms with Gasteiger partial charge in [-0.3, -0.25) is 0 Å². The van der Waals surface area contributed by atoms with Crippen LogP contribution in [0.2, 0.25) is 0 Å². The number of rotatable bonds is 0. The van der Waals surface area contributed by atoms with E-state index in [1.807, 2.05) is 13.0 Å². The fourth-order valence-electron chi connectivity index (χ4n) is 1.28. The molecular weight excluding hydrogens is 154 g/mol. The molecule has 1 aromatic rings. The number of hydrogen-bond acceptors (Lipinski definition) is 3. The highest BCUT2D eigenvalue weighted by Crippen LogP contribution is 2.36. The molecule has 1 atom stereocenters. The van der Waals surface area contributed by atoms with Crippen LogP contribution in [0.15, 0.2) is 18.2 Å². The predicted molar refractivity (Wildman–Crippen MR) is 46.7 cm³/mol. The lowest BCUT2D eigenvalue weighted by Gasteiger charge is -2.24. The maximum atomic E-state index is 9.41. The number of para-hydroxylation sites is 1. The predicted octanol–water partition coefficient (Wildman–Crippen LogP) is 1.58. The maximum absolute atomic E-state index is 9.41. The number of phenols is 1. The van der Waals surface area contributed by atoms with E-state index in [1.165, 1.54) is 0 Å². The lowest BCUT2D eigenvalue weighted by molar-refractivity contribution is 0.216. The standard InChI is InChI=1S/C9H11NO2/c1-6-5-10-7-3-2-4-8(11)9(7)12-6/h2-4,6,10-11H,5H2,1H3. The van der Waals surface area contributed by atoms with Crippen LogP contribution in [-0.4, -0.2) is 17.8 Å². The number of nitrogens with one attached hydrogen (secondary N) is 1. The van der Waals surface area contributed by atoms with Gasteiger partial charge in [0.25, 0.3) is 0 Å². The Balaban J connectivity index is 2.43. The van der Waals surface area contributed by atoms with Gasteiger partial charge in [0, 0.05) is 0 Å². The van der Waals surface area contributed by atoms with Crippen LogP contribution >= 0.6 is 0 Å². The van der Waals surface area contributed by atoms with Gasteiger partial charge in [-0.25, -0.2) is 0 Å². The molecule has 0 aromatic heterocycles.